The van der Waals surface area contributed by atoms with Gasteiger partial charge in [0, 0.05) is 11.3 Å². The van der Waals surface area contributed by atoms with Gasteiger partial charge in [0.2, 0.25) is 0 Å². The maximum Gasteiger partial charge on any atom is 0.416 e. The van der Waals surface area contributed by atoms with E-state index < -0.39 is 16.7 Å². The highest BCUT2D eigenvalue weighted by molar-refractivity contribution is 14.1. The second kappa shape index (κ2) is 8.18. The number of halogens is 4. The lowest BCUT2D eigenvalue weighted by atomic mass is 10.1. The van der Waals surface area contributed by atoms with E-state index in [1.54, 1.807) is 34.9 Å². The van der Waals surface area contributed by atoms with Crippen molar-refractivity contribution in [1.29, 1.82) is 0 Å². The van der Waals surface area contributed by atoms with Crippen molar-refractivity contribution in [3.8, 4) is 28.2 Å². The van der Waals surface area contributed by atoms with E-state index in [2.05, 4.69) is 0 Å². The molecule has 0 aliphatic heterocycles. The number of rotatable bonds is 4. The summed E-state index contributed by atoms with van der Waals surface area (Å²) in [6, 6.07) is 22.5. The fourth-order valence-electron chi connectivity index (χ4n) is 3.47. The molecule has 156 valence electrons. The molecule has 0 aliphatic rings. The van der Waals surface area contributed by atoms with Crippen molar-refractivity contribution in [1.82, 2.24) is 4.57 Å². The molecule has 0 aliphatic carbocycles. The predicted molar refractivity (Wildman–Crippen MR) is 121 cm³/mol. The molecule has 0 amide bonds. The van der Waals surface area contributed by atoms with Crippen LogP contribution in [0.5, 0.6) is 0 Å². The molecule has 0 radical (unpaired) electrons. The Morgan fingerprint density at radius 2 is 1.26 bits per heavy atom. The first kappa shape index (κ1) is 21.1. The van der Waals surface area contributed by atoms with Gasteiger partial charge in [-0.05, 0) is 52.4 Å². The number of alkyl halides is 3. The molecule has 0 saturated heterocycles. The van der Waals surface area contributed by atoms with Crippen molar-refractivity contribution in [2.45, 2.75) is 6.18 Å². The maximum atomic E-state index is 13.1. The minimum Gasteiger partial charge on any atom is -0.302 e. The summed E-state index contributed by atoms with van der Waals surface area (Å²) in [6.07, 6.45) is -4.47. The third kappa shape index (κ3) is 3.95. The van der Waals surface area contributed by atoms with Gasteiger partial charge in [-0.3, -0.25) is 10.1 Å². The number of aromatic nitrogens is 1. The summed E-state index contributed by atoms with van der Waals surface area (Å²) >= 11 is 1.94. The Kier molecular flexibility index (Phi) is 5.57. The highest BCUT2D eigenvalue weighted by Crippen LogP contribution is 2.45. The van der Waals surface area contributed by atoms with Crippen molar-refractivity contribution in [3.63, 3.8) is 0 Å². The van der Waals surface area contributed by atoms with Crippen molar-refractivity contribution in [2.75, 3.05) is 0 Å². The standard InChI is InChI=1S/C23H14F3IN2O2/c24-23(25,26)17-11-13-18(14-12-17)28-20(15-7-3-1-4-8-15)19(27)22(29(30)31)21(28)16-9-5-2-6-10-16/h1-14H. The van der Waals surface area contributed by atoms with Gasteiger partial charge in [-0.1, -0.05) is 60.7 Å². The Hall–Kier alpha value is -3.14. The van der Waals surface area contributed by atoms with Crippen LogP contribution in [-0.4, -0.2) is 9.49 Å². The normalized spacial score (nSPS) is 11.5. The summed E-state index contributed by atoms with van der Waals surface area (Å²) in [6.45, 7) is 0. The highest BCUT2D eigenvalue weighted by Gasteiger charge is 2.33. The van der Waals surface area contributed by atoms with Crippen LogP contribution in [0.2, 0.25) is 0 Å². The van der Waals surface area contributed by atoms with Crippen molar-refractivity contribution in [3.05, 3.63) is 104 Å². The molecule has 4 aromatic rings. The Bertz CT molecular complexity index is 1240. The molecular weight excluding hydrogens is 520 g/mol. The van der Waals surface area contributed by atoms with Crippen LogP contribution >= 0.6 is 22.6 Å². The third-order valence-electron chi connectivity index (χ3n) is 4.82. The SMILES string of the molecule is O=[N+]([O-])c1c(I)c(-c2ccccc2)n(-c2ccc(C(F)(F)F)cc2)c1-c1ccccc1. The van der Waals surface area contributed by atoms with Gasteiger partial charge in [0.25, 0.3) is 0 Å². The first-order valence-corrected chi connectivity index (χ1v) is 10.2. The minimum atomic E-state index is -4.47. The van der Waals surface area contributed by atoms with Crippen LogP contribution in [0.4, 0.5) is 18.9 Å². The lowest BCUT2D eigenvalue weighted by molar-refractivity contribution is -0.384. The van der Waals surface area contributed by atoms with E-state index in [4.69, 9.17) is 0 Å². The zero-order chi connectivity index (χ0) is 22.2. The van der Waals surface area contributed by atoms with Crippen LogP contribution in [-0.2, 0) is 6.18 Å². The van der Waals surface area contributed by atoms with Crippen LogP contribution in [0.25, 0.3) is 28.2 Å². The molecule has 0 spiro atoms. The summed E-state index contributed by atoms with van der Waals surface area (Å²) in [5.41, 5.74) is 1.70. The molecule has 0 unspecified atom stereocenters. The van der Waals surface area contributed by atoms with E-state index in [0.29, 0.717) is 26.2 Å². The molecule has 0 fully saturated rings. The molecule has 0 saturated carbocycles. The molecular formula is C23H14F3IN2O2. The highest BCUT2D eigenvalue weighted by atomic mass is 127. The van der Waals surface area contributed by atoms with Gasteiger partial charge in [0.1, 0.15) is 9.26 Å². The van der Waals surface area contributed by atoms with Crippen LogP contribution < -0.4 is 0 Å². The summed E-state index contributed by atoms with van der Waals surface area (Å²) in [7, 11) is 0. The van der Waals surface area contributed by atoms with E-state index >= 15 is 0 Å². The predicted octanol–water partition coefficient (Wildman–Crippen LogP) is 7.34. The van der Waals surface area contributed by atoms with Crippen LogP contribution in [0.1, 0.15) is 5.56 Å². The largest absolute Gasteiger partial charge is 0.416 e. The molecule has 3 aromatic carbocycles. The minimum absolute atomic E-state index is 0.0921. The number of benzene rings is 3. The monoisotopic (exact) mass is 534 g/mol. The molecule has 0 bridgehead atoms. The topological polar surface area (TPSA) is 48.1 Å². The fraction of sp³-hybridized carbons (Fsp3) is 0.0435. The third-order valence-corrected chi connectivity index (χ3v) is 5.84. The summed E-state index contributed by atoms with van der Waals surface area (Å²) in [5.74, 6) is 0. The molecule has 4 rings (SSSR count). The summed E-state index contributed by atoms with van der Waals surface area (Å²) in [5, 5.41) is 12.1. The first-order valence-electron chi connectivity index (χ1n) is 9.16. The van der Waals surface area contributed by atoms with Gasteiger partial charge in [-0.2, -0.15) is 13.2 Å². The van der Waals surface area contributed by atoms with E-state index in [1.165, 1.54) is 12.1 Å². The average molecular weight is 534 g/mol. The van der Waals surface area contributed by atoms with Gasteiger partial charge >= 0.3 is 11.9 Å². The smallest absolute Gasteiger partial charge is 0.302 e. The Morgan fingerprint density at radius 3 is 1.71 bits per heavy atom. The zero-order valence-electron chi connectivity index (χ0n) is 15.8. The Labute approximate surface area is 189 Å². The number of hydrogen-bond donors (Lipinski definition) is 0. The molecule has 1 aromatic heterocycles. The number of nitrogens with zero attached hydrogens (tertiary/aromatic N) is 2. The lowest BCUT2D eigenvalue weighted by Crippen LogP contribution is -2.06. The Morgan fingerprint density at radius 1 is 0.774 bits per heavy atom. The van der Waals surface area contributed by atoms with E-state index in [9.17, 15) is 23.3 Å². The van der Waals surface area contributed by atoms with Crippen LogP contribution in [0.3, 0.4) is 0 Å². The summed E-state index contributed by atoms with van der Waals surface area (Å²) < 4.78 is 41.3. The van der Waals surface area contributed by atoms with Gasteiger partial charge in [0.15, 0.2) is 0 Å². The fourth-order valence-corrected chi connectivity index (χ4v) is 4.47. The summed E-state index contributed by atoms with van der Waals surface area (Å²) in [4.78, 5) is 11.6. The van der Waals surface area contributed by atoms with Crippen molar-refractivity contribution in [2.24, 2.45) is 0 Å². The molecule has 0 N–H and O–H groups in total. The van der Waals surface area contributed by atoms with E-state index in [1.807, 2.05) is 52.9 Å². The van der Waals surface area contributed by atoms with Crippen molar-refractivity contribution < 1.29 is 18.1 Å². The van der Waals surface area contributed by atoms with E-state index in [0.717, 1.165) is 17.7 Å². The Balaban J connectivity index is 2.09. The lowest BCUT2D eigenvalue weighted by Gasteiger charge is -2.15. The second-order valence-electron chi connectivity index (χ2n) is 6.73. The molecule has 1 heterocycles. The van der Waals surface area contributed by atoms with Gasteiger partial charge in [-0.25, -0.2) is 0 Å². The average Bonchev–Trinajstić information content (AvgIpc) is 3.07. The van der Waals surface area contributed by atoms with E-state index in [-0.39, 0.29) is 5.69 Å². The molecule has 4 nitrogen and oxygen atoms in total. The van der Waals surface area contributed by atoms with Crippen LogP contribution in [0.15, 0.2) is 84.9 Å². The molecule has 8 heteroatoms. The second-order valence-corrected chi connectivity index (χ2v) is 7.81. The van der Waals surface area contributed by atoms with Crippen molar-refractivity contribution >= 4 is 28.3 Å². The number of hydrogen-bond acceptors (Lipinski definition) is 2. The van der Waals surface area contributed by atoms with Gasteiger partial charge in [-0.15, -0.1) is 0 Å². The first-order chi connectivity index (χ1) is 14.8. The zero-order valence-corrected chi connectivity index (χ0v) is 18.0. The van der Waals surface area contributed by atoms with Gasteiger partial charge in [0.05, 0.1) is 16.2 Å². The maximum absolute atomic E-state index is 13.1. The number of nitro groups is 1. The quantitative estimate of drug-likeness (QED) is 0.156. The molecule has 31 heavy (non-hydrogen) atoms. The van der Waals surface area contributed by atoms with Gasteiger partial charge < -0.3 is 4.57 Å². The van der Waals surface area contributed by atoms with Crippen LogP contribution in [0, 0.1) is 13.7 Å². The molecule has 0 atom stereocenters.